The third-order valence-corrected chi connectivity index (χ3v) is 3.30. The van der Waals surface area contributed by atoms with E-state index in [1.54, 1.807) is 0 Å². The second-order valence-corrected chi connectivity index (χ2v) is 4.02. The van der Waals surface area contributed by atoms with E-state index in [4.69, 9.17) is 9.47 Å². The van der Waals surface area contributed by atoms with Crippen LogP contribution in [0.1, 0.15) is 0 Å². The van der Waals surface area contributed by atoms with E-state index in [0.717, 1.165) is 0 Å². The van der Waals surface area contributed by atoms with E-state index in [-0.39, 0.29) is 35.6 Å². The monoisotopic (exact) mass is 222 g/mol. The first kappa shape index (κ1) is 10.9. The van der Waals surface area contributed by atoms with Crippen molar-refractivity contribution in [2.75, 3.05) is 14.2 Å². The van der Waals surface area contributed by atoms with Crippen LogP contribution < -0.4 is 0 Å². The Morgan fingerprint density at radius 3 is 1.50 bits per heavy atom. The number of esters is 2. The van der Waals surface area contributed by atoms with Crippen LogP contribution in [0.25, 0.3) is 0 Å². The van der Waals surface area contributed by atoms with Crippen LogP contribution >= 0.6 is 0 Å². The van der Waals surface area contributed by atoms with Gasteiger partial charge in [-0.2, -0.15) is 0 Å². The molecule has 16 heavy (non-hydrogen) atoms. The molecule has 0 bridgehead atoms. The molecule has 0 spiro atoms. The minimum Gasteiger partial charge on any atom is -0.469 e. The van der Waals surface area contributed by atoms with Crippen LogP contribution in [0, 0.1) is 23.7 Å². The minimum atomic E-state index is -0.263. The Morgan fingerprint density at radius 1 is 0.812 bits per heavy atom. The first-order valence-corrected chi connectivity index (χ1v) is 5.21. The lowest BCUT2D eigenvalue weighted by molar-refractivity contribution is -0.147. The van der Waals surface area contributed by atoms with Crippen LogP contribution in [0.2, 0.25) is 0 Å². The molecule has 2 aliphatic carbocycles. The number of hydrogen-bond acceptors (Lipinski definition) is 4. The average Bonchev–Trinajstić information content (AvgIpc) is 2.87. The van der Waals surface area contributed by atoms with Crippen molar-refractivity contribution in [3.63, 3.8) is 0 Å². The van der Waals surface area contributed by atoms with Crippen LogP contribution in [-0.2, 0) is 19.1 Å². The summed E-state index contributed by atoms with van der Waals surface area (Å²) in [5, 5.41) is 0. The normalized spacial score (nSPS) is 34.9. The van der Waals surface area contributed by atoms with E-state index in [1.807, 2.05) is 24.3 Å². The van der Waals surface area contributed by atoms with Gasteiger partial charge < -0.3 is 9.47 Å². The maximum atomic E-state index is 11.5. The van der Waals surface area contributed by atoms with Crippen molar-refractivity contribution in [2.24, 2.45) is 23.7 Å². The Kier molecular flexibility index (Phi) is 2.81. The first-order chi connectivity index (χ1) is 7.69. The topological polar surface area (TPSA) is 52.6 Å². The van der Waals surface area contributed by atoms with Gasteiger partial charge in [-0.3, -0.25) is 9.59 Å². The molecule has 0 amide bonds. The maximum Gasteiger partial charge on any atom is 0.313 e. The number of fused-ring (bicyclic) bond motifs is 1. The minimum absolute atomic E-state index is 0.0385. The number of ether oxygens (including phenoxy) is 2. The molecule has 0 aliphatic heterocycles. The molecule has 0 heterocycles. The van der Waals surface area contributed by atoms with Gasteiger partial charge in [-0.15, -0.1) is 0 Å². The lowest BCUT2D eigenvalue weighted by Gasteiger charge is -2.18. The van der Waals surface area contributed by atoms with Crippen molar-refractivity contribution in [1.82, 2.24) is 0 Å². The predicted octanol–water partition coefficient (Wildman–Crippen LogP) is 0.937. The molecule has 4 atom stereocenters. The zero-order chi connectivity index (χ0) is 11.7. The molecule has 0 saturated carbocycles. The van der Waals surface area contributed by atoms with Gasteiger partial charge in [0.2, 0.25) is 0 Å². The van der Waals surface area contributed by atoms with Gasteiger partial charge in [0.15, 0.2) is 0 Å². The van der Waals surface area contributed by atoms with Crippen molar-refractivity contribution in [2.45, 2.75) is 0 Å². The van der Waals surface area contributed by atoms with Crippen molar-refractivity contribution >= 4 is 11.9 Å². The zero-order valence-corrected chi connectivity index (χ0v) is 9.25. The van der Waals surface area contributed by atoms with Crippen molar-refractivity contribution in [3.8, 4) is 0 Å². The number of carbonyl (C=O) groups excluding carboxylic acids is 2. The Morgan fingerprint density at radius 2 is 1.19 bits per heavy atom. The van der Waals surface area contributed by atoms with Gasteiger partial charge in [-0.1, -0.05) is 24.3 Å². The molecule has 2 aliphatic rings. The van der Waals surface area contributed by atoms with E-state index in [1.165, 1.54) is 14.2 Å². The highest BCUT2D eigenvalue weighted by Gasteiger charge is 2.44. The number of hydrogen-bond donors (Lipinski definition) is 0. The summed E-state index contributed by atoms with van der Waals surface area (Å²) in [6, 6.07) is 0. The quantitative estimate of drug-likeness (QED) is 0.515. The Labute approximate surface area is 93.9 Å². The van der Waals surface area contributed by atoms with Gasteiger partial charge in [0.1, 0.15) is 0 Å². The maximum absolute atomic E-state index is 11.5. The lowest BCUT2D eigenvalue weighted by atomic mass is 9.86. The van der Waals surface area contributed by atoms with Crippen LogP contribution in [0.5, 0.6) is 0 Å². The Hall–Kier alpha value is -1.58. The summed E-state index contributed by atoms with van der Waals surface area (Å²) in [6.07, 6.45) is 7.46. The second-order valence-electron chi connectivity index (χ2n) is 4.02. The summed E-state index contributed by atoms with van der Waals surface area (Å²) >= 11 is 0. The van der Waals surface area contributed by atoms with E-state index in [9.17, 15) is 9.59 Å². The molecule has 0 aromatic carbocycles. The largest absolute Gasteiger partial charge is 0.469 e. The van der Waals surface area contributed by atoms with Crippen LogP contribution in [0.4, 0.5) is 0 Å². The fraction of sp³-hybridized carbons (Fsp3) is 0.500. The summed E-state index contributed by atoms with van der Waals surface area (Å²) in [5.74, 6) is -0.951. The van der Waals surface area contributed by atoms with Gasteiger partial charge >= 0.3 is 11.9 Å². The predicted molar refractivity (Wildman–Crippen MR) is 56.3 cm³/mol. The molecule has 0 radical (unpaired) electrons. The highest BCUT2D eigenvalue weighted by Crippen LogP contribution is 2.42. The molecule has 86 valence electrons. The van der Waals surface area contributed by atoms with Crippen LogP contribution in [0.15, 0.2) is 24.3 Å². The molecular formula is C12H14O4. The molecule has 0 fully saturated rings. The number of methoxy groups -OCH3 is 2. The molecule has 4 heteroatoms. The number of allylic oxidation sites excluding steroid dienone is 2. The molecule has 0 unspecified atom stereocenters. The second kappa shape index (κ2) is 4.12. The Bertz CT molecular complexity index is 333. The third kappa shape index (κ3) is 1.54. The van der Waals surface area contributed by atoms with E-state index < -0.39 is 0 Å². The molecule has 2 rings (SSSR count). The highest BCUT2D eigenvalue weighted by atomic mass is 16.5. The molecule has 0 aromatic heterocycles. The van der Waals surface area contributed by atoms with Gasteiger partial charge in [0.25, 0.3) is 0 Å². The van der Waals surface area contributed by atoms with Crippen LogP contribution in [0.3, 0.4) is 0 Å². The molecular weight excluding hydrogens is 208 g/mol. The summed E-state index contributed by atoms with van der Waals surface area (Å²) in [4.78, 5) is 23.0. The molecule has 0 saturated heterocycles. The number of rotatable bonds is 2. The molecule has 0 N–H and O–H groups in total. The van der Waals surface area contributed by atoms with E-state index >= 15 is 0 Å². The van der Waals surface area contributed by atoms with Crippen LogP contribution in [-0.4, -0.2) is 26.2 Å². The average molecular weight is 222 g/mol. The Balaban J connectivity index is 2.13. The summed E-state index contributed by atoms with van der Waals surface area (Å²) < 4.78 is 9.45. The summed E-state index contributed by atoms with van der Waals surface area (Å²) in [5.41, 5.74) is 0. The van der Waals surface area contributed by atoms with Crippen molar-refractivity contribution < 1.29 is 19.1 Å². The van der Waals surface area contributed by atoms with Gasteiger partial charge in [-0.05, 0) is 0 Å². The molecule has 4 nitrogen and oxygen atoms in total. The van der Waals surface area contributed by atoms with E-state index in [0.29, 0.717) is 0 Å². The third-order valence-electron chi connectivity index (χ3n) is 3.30. The first-order valence-electron chi connectivity index (χ1n) is 5.21. The van der Waals surface area contributed by atoms with Crippen molar-refractivity contribution in [3.05, 3.63) is 24.3 Å². The fourth-order valence-corrected chi connectivity index (χ4v) is 2.47. The molecule has 0 aromatic rings. The van der Waals surface area contributed by atoms with Gasteiger partial charge in [-0.25, -0.2) is 0 Å². The van der Waals surface area contributed by atoms with Crippen molar-refractivity contribution in [1.29, 1.82) is 0 Å². The van der Waals surface area contributed by atoms with Gasteiger partial charge in [0.05, 0.1) is 26.1 Å². The van der Waals surface area contributed by atoms with E-state index in [2.05, 4.69) is 0 Å². The highest BCUT2D eigenvalue weighted by molar-refractivity contribution is 5.79. The lowest BCUT2D eigenvalue weighted by Crippen LogP contribution is -2.26. The number of carbonyl (C=O) groups is 2. The standard InChI is InChI=1S/C12H14O4/c1-15-11(13)9-5-3-8-7(9)4-6-10(8)12(14)16-2/h3-10H,1-2H3/t7-,8-,9-,10+/m1/s1. The smallest absolute Gasteiger partial charge is 0.313 e. The zero-order valence-electron chi connectivity index (χ0n) is 9.25. The summed E-state index contributed by atoms with van der Waals surface area (Å²) in [6.45, 7) is 0. The summed E-state index contributed by atoms with van der Waals surface area (Å²) in [7, 11) is 2.75. The SMILES string of the molecule is COC(=O)[C@H]1C=C[C@@H]2[C@H]1C=C[C@H]2C(=O)OC. The fourth-order valence-electron chi connectivity index (χ4n) is 2.47. The van der Waals surface area contributed by atoms with Gasteiger partial charge in [0, 0.05) is 11.8 Å².